The summed E-state index contributed by atoms with van der Waals surface area (Å²) in [7, 11) is 0. The molecule has 0 aromatic heterocycles. The summed E-state index contributed by atoms with van der Waals surface area (Å²) in [6.45, 7) is 4.32. The first-order valence-corrected chi connectivity index (χ1v) is 5.35. The molecule has 1 rings (SSSR count). The van der Waals surface area contributed by atoms with Crippen molar-refractivity contribution in [2.24, 2.45) is 11.7 Å². The van der Waals surface area contributed by atoms with Crippen LogP contribution in [-0.4, -0.2) is 31.7 Å². The summed E-state index contributed by atoms with van der Waals surface area (Å²) < 4.78 is 5.21. The lowest BCUT2D eigenvalue weighted by Gasteiger charge is -2.13. The second-order valence-electron chi connectivity index (χ2n) is 3.87. The molecule has 1 saturated heterocycles. The lowest BCUT2D eigenvalue weighted by atomic mass is 10.1. The van der Waals surface area contributed by atoms with E-state index in [1.165, 1.54) is 0 Å². The molecule has 1 fully saturated rings. The molecule has 0 radical (unpaired) electrons. The number of carbonyl (C=O) groups excluding carboxylic acids is 1. The van der Waals surface area contributed by atoms with Crippen molar-refractivity contribution in [2.75, 3.05) is 19.8 Å². The van der Waals surface area contributed by atoms with E-state index >= 15 is 0 Å². The number of ether oxygens (including phenoxy) is 1. The zero-order valence-corrected chi connectivity index (χ0v) is 8.79. The van der Waals surface area contributed by atoms with Gasteiger partial charge in [-0.15, -0.1) is 0 Å². The Hall–Kier alpha value is -0.610. The van der Waals surface area contributed by atoms with Crippen LogP contribution in [0.5, 0.6) is 0 Å². The lowest BCUT2D eigenvalue weighted by Crippen LogP contribution is -2.42. The molecular formula is C10H20N2O2. The Morgan fingerprint density at radius 1 is 1.71 bits per heavy atom. The molecular weight excluding hydrogens is 180 g/mol. The van der Waals surface area contributed by atoms with E-state index in [-0.39, 0.29) is 11.9 Å². The fraction of sp³-hybridized carbons (Fsp3) is 0.900. The van der Waals surface area contributed by atoms with Gasteiger partial charge in [-0.2, -0.15) is 0 Å². The topological polar surface area (TPSA) is 64.4 Å². The van der Waals surface area contributed by atoms with Gasteiger partial charge < -0.3 is 15.8 Å². The number of rotatable bonds is 5. The van der Waals surface area contributed by atoms with Crippen molar-refractivity contribution in [3.05, 3.63) is 0 Å². The average Bonchev–Trinajstić information content (AvgIpc) is 2.67. The summed E-state index contributed by atoms with van der Waals surface area (Å²) in [5.41, 5.74) is 5.67. The van der Waals surface area contributed by atoms with E-state index in [2.05, 4.69) is 5.32 Å². The van der Waals surface area contributed by atoms with Crippen LogP contribution < -0.4 is 11.1 Å². The molecule has 0 aliphatic carbocycles. The molecule has 14 heavy (non-hydrogen) atoms. The van der Waals surface area contributed by atoms with Crippen LogP contribution in [0.4, 0.5) is 0 Å². The predicted octanol–water partition coefficient (Wildman–Crippen LogP) is 0.267. The summed E-state index contributed by atoms with van der Waals surface area (Å²) in [6.07, 6.45) is 2.75. The zero-order chi connectivity index (χ0) is 10.4. The van der Waals surface area contributed by atoms with Gasteiger partial charge >= 0.3 is 0 Å². The van der Waals surface area contributed by atoms with Crippen LogP contribution in [0.25, 0.3) is 0 Å². The number of amides is 1. The minimum absolute atomic E-state index is 0.0289. The molecule has 1 aliphatic rings. The Labute approximate surface area is 85.2 Å². The first-order valence-electron chi connectivity index (χ1n) is 5.35. The number of hydrogen-bond donors (Lipinski definition) is 2. The van der Waals surface area contributed by atoms with Crippen molar-refractivity contribution < 1.29 is 9.53 Å². The molecule has 0 spiro atoms. The van der Waals surface area contributed by atoms with E-state index in [4.69, 9.17) is 10.5 Å². The zero-order valence-electron chi connectivity index (χ0n) is 8.79. The van der Waals surface area contributed by atoms with Gasteiger partial charge in [-0.25, -0.2) is 0 Å². The van der Waals surface area contributed by atoms with Crippen molar-refractivity contribution in [3.63, 3.8) is 0 Å². The van der Waals surface area contributed by atoms with E-state index in [0.29, 0.717) is 12.5 Å². The van der Waals surface area contributed by atoms with E-state index in [9.17, 15) is 4.79 Å². The molecule has 0 aromatic rings. The van der Waals surface area contributed by atoms with Crippen LogP contribution in [0.15, 0.2) is 0 Å². The van der Waals surface area contributed by atoms with Crippen LogP contribution in [0.3, 0.4) is 0 Å². The van der Waals surface area contributed by atoms with E-state index in [0.717, 1.165) is 32.5 Å². The molecule has 82 valence electrons. The van der Waals surface area contributed by atoms with Gasteiger partial charge in [0.2, 0.25) is 5.91 Å². The van der Waals surface area contributed by atoms with Gasteiger partial charge in [-0.1, -0.05) is 13.3 Å². The maximum Gasteiger partial charge on any atom is 0.236 e. The monoisotopic (exact) mass is 200 g/mol. The standard InChI is InChI=1S/C10H20N2O2/c1-2-3-9(11)10(13)12-6-8-4-5-14-7-8/h8-9H,2-7,11H2,1H3,(H,12,13)/t8?,9-/m1/s1. The molecule has 1 amide bonds. The smallest absolute Gasteiger partial charge is 0.236 e. The lowest BCUT2D eigenvalue weighted by molar-refractivity contribution is -0.122. The first-order chi connectivity index (χ1) is 6.74. The highest BCUT2D eigenvalue weighted by Gasteiger charge is 2.18. The Bertz CT molecular complexity index is 179. The van der Waals surface area contributed by atoms with Gasteiger partial charge in [-0.3, -0.25) is 4.79 Å². The summed E-state index contributed by atoms with van der Waals surface area (Å²) in [5.74, 6) is 0.450. The number of nitrogens with one attached hydrogen (secondary N) is 1. The highest BCUT2D eigenvalue weighted by molar-refractivity contribution is 5.81. The first kappa shape index (κ1) is 11.5. The highest BCUT2D eigenvalue weighted by Crippen LogP contribution is 2.10. The fourth-order valence-corrected chi connectivity index (χ4v) is 1.56. The fourth-order valence-electron chi connectivity index (χ4n) is 1.56. The number of nitrogens with two attached hydrogens (primary N) is 1. The van der Waals surface area contributed by atoms with Crippen LogP contribution in [0.1, 0.15) is 26.2 Å². The van der Waals surface area contributed by atoms with E-state index < -0.39 is 0 Å². The molecule has 4 nitrogen and oxygen atoms in total. The number of hydrogen-bond acceptors (Lipinski definition) is 3. The highest BCUT2D eigenvalue weighted by atomic mass is 16.5. The molecule has 2 atom stereocenters. The van der Waals surface area contributed by atoms with Gasteiger partial charge in [-0.05, 0) is 12.8 Å². The van der Waals surface area contributed by atoms with Crippen LogP contribution in [0.2, 0.25) is 0 Å². The molecule has 1 aliphatic heterocycles. The van der Waals surface area contributed by atoms with Gasteiger partial charge in [0, 0.05) is 19.1 Å². The van der Waals surface area contributed by atoms with Crippen LogP contribution in [0, 0.1) is 5.92 Å². The molecule has 1 heterocycles. The largest absolute Gasteiger partial charge is 0.381 e. The molecule has 4 heteroatoms. The number of carbonyl (C=O) groups is 1. The Kier molecular flexibility index (Phi) is 4.90. The molecule has 0 aromatic carbocycles. The van der Waals surface area contributed by atoms with E-state index in [1.54, 1.807) is 0 Å². The van der Waals surface area contributed by atoms with Crippen molar-refractivity contribution in [1.82, 2.24) is 5.32 Å². The second-order valence-corrected chi connectivity index (χ2v) is 3.87. The van der Waals surface area contributed by atoms with Crippen LogP contribution in [-0.2, 0) is 9.53 Å². The minimum Gasteiger partial charge on any atom is -0.381 e. The van der Waals surface area contributed by atoms with Crippen LogP contribution >= 0.6 is 0 Å². The van der Waals surface area contributed by atoms with Gasteiger partial charge in [0.05, 0.1) is 12.6 Å². The van der Waals surface area contributed by atoms with Gasteiger partial charge in [0.15, 0.2) is 0 Å². The van der Waals surface area contributed by atoms with Crippen molar-refractivity contribution in [2.45, 2.75) is 32.2 Å². The van der Waals surface area contributed by atoms with E-state index in [1.807, 2.05) is 6.92 Å². The summed E-state index contributed by atoms with van der Waals surface area (Å²) in [5, 5.41) is 2.87. The third-order valence-electron chi connectivity index (χ3n) is 2.53. The Balaban J connectivity index is 2.13. The molecule has 1 unspecified atom stereocenters. The quantitative estimate of drug-likeness (QED) is 0.669. The second kappa shape index (κ2) is 5.98. The SMILES string of the molecule is CCC[C@@H](N)C(=O)NCC1CCOC1. The minimum atomic E-state index is -0.345. The van der Waals surface area contributed by atoms with Gasteiger partial charge in [0.25, 0.3) is 0 Å². The van der Waals surface area contributed by atoms with Gasteiger partial charge in [0.1, 0.15) is 0 Å². The Morgan fingerprint density at radius 2 is 2.50 bits per heavy atom. The van der Waals surface area contributed by atoms with Crippen molar-refractivity contribution >= 4 is 5.91 Å². The maximum absolute atomic E-state index is 11.4. The third kappa shape index (κ3) is 3.64. The molecule has 0 saturated carbocycles. The average molecular weight is 200 g/mol. The normalized spacial score (nSPS) is 23.4. The molecule has 3 N–H and O–H groups in total. The summed E-state index contributed by atoms with van der Waals surface area (Å²) >= 11 is 0. The Morgan fingerprint density at radius 3 is 3.07 bits per heavy atom. The van der Waals surface area contributed by atoms with Crippen molar-refractivity contribution in [1.29, 1.82) is 0 Å². The molecule has 0 bridgehead atoms. The third-order valence-corrected chi connectivity index (χ3v) is 2.53. The predicted molar refractivity (Wildman–Crippen MR) is 54.8 cm³/mol. The summed E-state index contributed by atoms with van der Waals surface area (Å²) in [4.78, 5) is 11.4. The van der Waals surface area contributed by atoms with Crippen molar-refractivity contribution in [3.8, 4) is 0 Å². The summed E-state index contributed by atoms with van der Waals surface area (Å²) in [6, 6.07) is -0.345. The maximum atomic E-state index is 11.4.